The maximum atomic E-state index is 5.82. The van der Waals surface area contributed by atoms with Crippen LogP contribution in [0, 0.1) is 0 Å². The second-order valence-corrected chi connectivity index (χ2v) is 4.39. The largest absolute Gasteiger partial charge is 0.493 e. The lowest BCUT2D eigenvalue weighted by Crippen LogP contribution is -2.16. The average molecular weight is 236 g/mol. The highest BCUT2D eigenvalue weighted by Crippen LogP contribution is 2.17. The third-order valence-electron chi connectivity index (χ3n) is 2.55. The molecule has 0 aromatic heterocycles. The minimum absolute atomic E-state index is 0.779. The van der Waals surface area contributed by atoms with Crippen molar-refractivity contribution in [1.29, 1.82) is 0 Å². The van der Waals surface area contributed by atoms with E-state index in [0.717, 1.165) is 38.4 Å². The normalized spacial score (nSPS) is 10.8. The third kappa shape index (κ3) is 5.71. The topological polar surface area (TPSA) is 24.5 Å². The maximum absolute atomic E-state index is 5.82. The van der Waals surface area contributed by atoms with Crippen LogP contribution in [0.4, 0.5) is 0 Å². The van der Waals surface area contributed by atoms with Gasteiger partial charge in [0.05, 0.1) is 6.61 Å². The summed E-state index contributed by atoms with van der Waals surface area (Å²) in [6, 6.07) is 8.24. The zero-order valence-electron chi connectivity index (χ0n) is 11.2. The molecule has 96 valence electrons. The van der Waals surface area contributed by atoms with Crippen molar-refractivity contribution in [3.05, 3.63) is 29.8 Å². The first-order valence-corrected chi connectivity index (χ1v) is 6.30. The van der Waals surface area contributed by atoms with E-state index >= 15 is 0 Å². The number of hydrogen-bond acceptors (Lipinski definition) is 3. The van der Waals surface area contributed by atoms with Gasteiger partial charge < -0.3 is 15.0 Å². The molecule has 0 saturated carbocycles. The molecule has 1 aromatic carbocycles. The Bertz CT molecular complexity index is 313. The van der Waals surface area contributed by atoms with Crippen molar-refractivity contribution in [2.45, 2.75) is 19.9 Å². The van der Waals surface area contributed by atoms with Gasteiger partial charge in [0.25, 0.3) is 0 Å². The molecule has 1 rings (SSSR count). The van der Waals surface area contributed by atoms with Gasteiger partial charge in [-0.2, -0.15) is 0 Å². The van der Waals surface area contributed by atoms with Crippen LogP contribution in [0.2, 0.25) is 0 Å². The molecule has 3 nitrogen and oxygen atoms in total. The van der Waals surface area contributed by atoms with Gasteiger partial charge in [0.15, 0.2) is 0 Å². The molecule has 1 aromatic rings. The van der Waals surface area contributed by atoms with Gasteiger partial charge in [-0.25, -0.2) is 0 Å². The van der Waals surface area contributed by atoms with E-state index in [1.54, 1.807) is 0 Å². The molecule has 3 heteroatoms. The summed E-state index contributed by atoms with van der Waals surface area (Å²) in [5.74, 6) is 1.01. The first kappa shape index (κ1) is 14.0. The molecule has 0 bridgehead atoms. The predicted molar refractivity (Wildman–Crippen MR) is 72.5 cm³/mol. The van der Waals surface area contributed by atoms with E-state index in [0.29, 0.717) is 0 Å². The molecule has 0 saturated heterocycles. The fraction of sp³-hybridized carbons (Fsp3) is 0.571. The van der Waals surface area contributed by atoms with Crippen LogP contribution in [0.5, 0.6) is 5.75 Å². The molecule has 0 amide bonds. The molecule has 0 aliphatic carbocycles. The van der Waals surface area contributed by atoms with Gasteiger partial charge in [0.2, 0.25) is 0 Å². The minimum Gasteiger partial charge on any atom is -0.493 e. The summed E-state index contributed by atoms with van der Waals surface area (Å²) in [7, 11) is 4.16. The van der Waals surface area contributed by atoms with Crippen LogP contribution in [0.15, 0.2) is 24.3 Å². The Balaban J connectivity index is 2.40. The Morgan fingerprint density at radius 3 is 2.71 bits per heavy atom. The van der Waals surface area contributed by atoms with Crippen LogP contribution in [0.3, 0.4) is 0 Å². The SMILES string of the molecule is CCNCc1ccccc1OCCCN(C)C. The first-order valence-electron chi connectivity index (χ1n) is 6.30. The Labute approximate surface area is 105 Å². The van der Waals surface area contributed by atoms with Crippen LogP contribution in [0.25, 0.3) is 0 Å². The molecule has 0 unspecified atom stereocenters. The van der Waals surface area contributed by atoms with E-state index in [1.165, 1.54) is 5.56 Å². The number of rotatable bonds is 8. The van der Waals surface area contributed by atoms with Gasteiger partial charge in [0.1, 0.15) is 5.75 Å². The summed E-state index contributed by atoms with van der Waals surface area (Å²) in [6.07, 6.45) is 1.06. The van der Waals surface area contributed by atoms with E-state index in [9.17, 15) is 0 Å². The van der Waals surface area contributed by atoms with Crippen molar-refractivity contribution in [2.24, 2.45) is 0 Å². The number of nitrogens with zero attached hydrogens (tertiary/aromatic N) is 1. The summed E-state index contributed by atoms with van der Waals surface area (Å²) in [5.41, 5.74) is 1.24. The highest BCUT2D eigenvalue weighted by molar-refractivity contribution is 5.33. The van der Waals surface area contributed by atoms with E-state index in [4.69, 9.17) is 4.74 Å². The van der Waals surface area contributed by atoms with Crippen LogP contribution in [-0.4, -0.2) is 38.7 Å². The monoisotopic (exact) mass is 236 g/mol. The predicted octanol–water partition coefficient (Wildman–Crippen LogP) is 2.13. The number of ether oxygens (including phenoxy) is 1. The second-order valence-electron chi connectivity index (χ2n) is 4.39. The van der Waals surface area contributed by atoms with E-state index < -0.39 is 0 Å². The number of hydrogen-bond donors (Lipinski definition) is 1. The molecule has 0 heterocycles. The maximum Gasteiger partial charge on any atom is 0.123 e. The summed E-state index contributed by atoms with van der Waals surface area (Å²) in [4.78, 5) is 2.17. The van der Waals surface area contributed by atoms with Crippen molar-refractivity contribution >= 4 is 0 Å². The molecule has 0 fully saturated rings. The first-order chi connectivity index (χ1) is 8.24. The van der Waals surface area contributed by atoms with Gasteiger partial charge in [-0.05, 0) is 33.1 Å². The summed E-state index contributed by atoms with van der Waals surface area (Å²) in [5, 5.41) is 3.33. The van der Waals surface area contributed by atoms with Gasteiger partial charge in [-0.1, -0.05) is 25.1 Å². The van der Waals surface area contributed by atoms with Gasteiger partial charge in [-0.15, -0.1) is 0 Å². The Kier molecular flexibility index (Phi) is 6.67. The van der Waals surface area contributed by atoms with Crippen LogP contribution < -0.4 is 10.1 Å². The quantitative estimate of drug-likeness (QED) is 0.700. The van der Waals surface area contributed by atoms with Crippen molar-refractivity contribution in [3.63, 3.8) is 0 Å². The van der Waals surface area contributed by atoms with E-state index in [2.05, 4.69) is 43.4 Å². The zero-order valence-corrected chi connectivity index (χ0v) is 11.2. The standard InChI is InChI=1S/C14H24N2O/c1-4-15-12-13-8-5-6-9-14(13)17-11-7-10-16(2)3/h5-6,8-9,15H,4,7,10-12H2,1-3H3. The summed E-state index contributed by atoms with van der Waals surface area (Å²) in [6.45, 7) is 5.81. The number of para-hydroxylation sites is 1. The second kappa shape index (κ2) is 8.09. The van der Waals surface area contributed by atoms with E-state index in [1.807, 2.05) is 12.1 Å². The Morgan fingerprint density at radius 1 is 1.24 bits per heavy atom. The molecule has 1 N–H and O–H groups in total. The Hall–Kier alpha value is -1.06. The van der Waals surface area contributed by atoms with Crippen LogP contribution >= 0.6 is 0 Å². The molecular formula is C14H24N2O. The highest BCUT2D eigenvalue weighted by Gasteiger charge is 2.01. The van der Waals surface area contributed by atoms with Gasteiger partial charge >= 0.3 is 0 Å². The smallest absolute Gasteiger partial charge is 0.123 e. The lowest BCUT2D eigenvalue weighted by Gasteiger charge is -2.13. The van der Waals surface area contributed by atoms with Crippen molar-refractivity contribution in [2.75, 3.05) is 33.8 Å². The fourth-order valence-corrected chi connectivity index (χ4v) is 1.61. The Morgan fingerprint density at radius 2 is 2.00 bits per heavy atom. The highest BCUT2D eigenvalue weighted by atomic mass is 16.5. The van der Waals surface area contributed by atoms with Gasteiger partial charge in [-0.3, -0.25) is 0 Å². The van der Waals surface area contributed by atoms with Crippen molar-refractivity contribution < 1.29 is 4.74 Å². The molecule has 17 heavy (non-hydrogen) atoms. The van der Waals surface area contributed by atoms with Crippen LogP contribution in [0.1, 0.15) is 18.9 Å². The van der Waals surface area contributed by atoms with Gasteiger partial charge in [0, 0.05) is 18.7 Å². The van der Waals surface area contributed by atoms with Crippen molar-refractivity contribution in [3.8, 4) is 5.75 Å². The lowest BCUT2D eigenvalue weighted by molar-refractivity contribution is 0.279. The average Bonchev–Trinajstić information content (AvgIpc) is 2.33. The number of nitrogens with one attached hydrogen (secondary N) is 1. The lowest BCUT2D eigenvalue weighted by atomic mass is 10.2. The summed E-state index contributed by atoms with van der Waals surface area (Å²) >= 11 is 0. The molecule has 0 aliphatic rings. The van der Waals surface area contributed by atoms with E-state index in [-0.39, 0.29) is 0 Å². The molecular weight excluding hydrogens is 212 g/mol. The molecule has 0 spiro atoms. The zero-order chi connectivity index (χ0) is 12.5. The van der Waals surface area contributed by atoms with Crippen molar-refractivity contribution in [1.82, 2.24) is 10.2 Å². The van der Waals surface area contributed by atoms with Crippen LogP contribution in [-0.2, 0) is 6.54 Å². The molecule has 0 aliphatic heterocycles. The summed E-state index contributed by atoms with van der Waals surface area (Å²) < 4.78 is 5.82. The minimum atomic E-state index is 0.779. The molecule has 0 radical (unpaired) electrons. The molecule has 0 atom stereocenters. The number of benzene rings is 1. The third-order valence-corrected chi connectivity index (χ3v) is 2.55. The fourth-order valence-electron chi connectivity index (χ4n) is 1.61.